The van der Waals surface area contributed by atoms with Crippen LogP contribution in [0.1, 0.15) is 32.1 Å². The Hall–Kier alpha value is 0.250. The number of ether oxygens (including phenoxy) is 1. The minimum Gasteiger partial charge on any atom is -0.378 e. The van der Waals surface area contributed by atoms with E-state index in [9.17, 15) is 0 Å². The molecule has 2 fully saturated rings. The van der Waals surface area contributed by atoms with Crippen LogP contribution < -0.4 is 0 Å². The van der Waals surface area contributed by atoms with E-state index in [0.29, 0.717) is 12.0 Å². The smallest absolute Gasteiger partial charge is 0.0642 e. The molecule has 0 N–H and O–H groups in total. The molecule has 2 aliphatic rings. The van der Waals surface area contributed by atoms with Crippen LogP contribution in [0.15, 0.2) is 0 Å². The van der Waals surface area contributed by atoms with Gasteiger partial charge in [-0.25, -0.2) is 0 Å². The summed E-state index contributed by atoms with van der Waals surface area (Å²) in [5.41, 5.74) is 0. The first-order valence-electron chi connectivity index (χ1n) is 5.09. The summed E-state index contributed by atoms with van der Waals surface area (Å²) < 4.78 is 5.80. The Balaban J connectivity index is 1.90. The molecular weight excluding hydrogens is 172 g/mol. The second-order valence-electron chi connectivity index (χ2n) is 4.08. The molecule has 1 nitrogen and oxygen atoms in total. The normalized spacial score (nSPS) is 37.8. The fourth-order valence-electron chi connectivity index (χ4n) is 2.32. The van der Waals surface area contributed by atoms with Gasteiger partial charge in [0.05, 0.1) is 6.10 Å². The summed E-state index contributed by atoms with van der Waals surface area (Å²) in [7, 11) is 0. The summed E-state index contributed by atoms with van der Waals surface area (Å²) in [4.78, 5) is 0. The topological polar surface area (TPSA) is 9.23 Å². The van der Waals surface area contributed by atoms with Crippen molar-refractivity contribution in [2.24, 2.45) is 11.8 Å². The number of hydrogen-bond donors (Lipinski definition) is 0. The van der Waals surface area contributed by atoms with Crippen molar-refractivity contribution in [3.05, 3.63) is 0 Å². The van der Waals surface area contributed by atoms with E-state index in [0.717, 1.165) is 18.4 Å². The molecule has 12 heavy (non-hydrogen) atoms. The van der Waals surface area contributed by atoms with E-state index in [-0.39, 0.29) is 0 Å². The van der Waals surface area contributed by atoms with E-state index in [2.05, 4.69) is 0 Å². The molecule has 70 valence electrons. The number of hydrogen-bond acceptors (Lipinski definition) is 1. The first kappa shape index (κ1) is 8.83. The Morgan fingerprint density at radius 2 is 2.00 bits per heavy atom. The van der Waals surface area contributed by atoms with Crippen LogP contribution in [0.3, 0.4) is 0 Å². The highest BCUT2D eigenvalue weighted by atomic mass is 35.5. The van der Waals surface area contributed by atoms with Crippen molar-refractivity contribution in [2.75, 3.05) is 12.5 Å². The molecule has 0 aromatic carbocycles. The molecule has 0 bridgehead atoms. The van der Waals surface area contributed by atoms with Crippen molar-refractivity contribution in [2.45, 2.75) is 38.2 Å². The summed E-state index contributed by atoms with van der Waals surface area (Å²) in [6, 6.07) is 0. The standard InChI is InChI=1S/C10H17ClO/c11-7-9-5-2-6-12-10(9)8-3-1-4-8/h8-10H,1-7H2. The monoisotopic (exact) mass is 188 g/mol. The number of alkyl halides is 1. The van der Waals surface area contributed by atoms with Crippen LogP contribution in [0, 0.1) is 11.8 Å². The first-order valence-corrected chi connectivity index (χ1v) is 5.63. The van der Waals surface area contributed by atoms with Crippen molar-refractivity contribution < 1.29 is 4.74 Å². The van der Waals surface area contributed by atoms with E-state index >= 15 is 0 Å². The van der Waals surface area contributed by atoms with Gasteiger partial charge in [-0.1, -0.05) is 6.42 Å². The zero-order chi connectivity index (χ0) is 8.39. The van der Waals surface area contributed by atoms with Gasteiger partial charge in [0.15, 0.2) is 0 Å². The molecule has 0 aromatic rings. The minimum absolute atomic E-state index is 0.505. The van der Waals surface area contributed by atoms with Crippen LogP contribution in [-0.4, -0.2) is 18.6 Å². The maximum absolute atomic E-state index is 5.92. The summed E-state index contributed by atoms with van der Waals surface area (Å²) in [5.74, 6) is 2.28. The predicted molar refractivity (Wildman–Crippen MR) is 50.5 cm³/mol. The third-order valence-corrected chi connectivity index (χ3v) is 3.70. The first-order chi connectivity index (χ1) is 5.92. The van der Waals surface area contributed by atoms with Crippen LogP contribution in [-0.2, 0) is 4.74 Å². The van der Waals surface area contributed by atoms with Gasteiger partial charge in [-0.15, -0.1) is 11.6 Å². The second kappa shape index (κ2) is 3.97. The van der Waals surface area contributed by atoms with Crippen LogP contribution in [0.5, 0.6) is 0 Å². The van der Waals surface area contributed by atoms with Crippen LogP contribution in [0.2, 0.25) is 0 Å². The fourth-order valence-corrected chi connectivity index (χ4v) is 2.65. The highest BCUT2D eigenvalue weighted by Gasteiger charge is 2.35. The predicted octanol–water partition coefficient (Wildman–Crippen LogP) is 2.82. The molecule has 1 aliphatic heterocycles. The van der Waals surface area contributed by atoms with Crippen LogP contribution in [0.25, 0.3) is 0 Å². The summed E-state index contributed by atoms with van der Waals surface area (Å²) in [5, 5.41) is 0. The minimum atomic E-state index is 0.505. The lowest BCUT2D eigenvalue weighted by Gasteiger charge is -2.40. The Labute approximate surface area is 79.4 Å². The van der Waals surface area contributed by atoms with Gasteiger partial charge in [0.25, 0.3) is 0 Å². The quantitative estimate of drug-likeness (QED) is 0.606. The highest BCUT2D eigenvalue weighted by Crippen LogP contribution is 2.38. The maximum atomic E-state index is 5.92. The van der Waals surface area contributed by atoms with Crippen molar-refractivity contribution in [3.63, 3.8) is 0 Å². The van der Waals surface area contributed by atoms with Gasteiger partial charge >= 0.3 is 0 Å². The zero-order valence-corrected chi connectivity index (χ0v) is 8.22. The summed E-state index contributed by atoms with van der Waals surface area (Å²) in [6.07, 6.45) is 7.14. The molecule has 1 heterocycles. The van der Waals surface area contributed by atoms with E-state index < -0.39 is 0 Å². The zero-order valence-electron chi connectivity index (χ0n) is 7.47. The lowest BCUT2D eigenvalue weighted by molar-refractivity contribution is -0.0732. The third-order valence-electron chi connectivity index (χ3n) is 3.31. The van der Waals surface area contributed by atoms with E-state index in [1.54, 1.807) is 0 Å². The molecule has 1 aliphatic carbocycles. The molecular formula is C10H17ClO. The Morgan fingerprint density at radius 1 is 1.17 bits per heavy atom. The third kappa shape index (κ3) is 1.62. The van der Waals surface area contributed by atoms with Gasteiger partial charge in [-0.2, -0.15) is 0 Å². The number of halogens is 1. The lowest BCUT2D eigenvalue weighted by Crippen LogP contribution is -2.39. The van der Waals surface area contributed by atoms with Crippen molar-refractivity contribution >= 4 is 11.6 Å². The average molecular weight is 189 g/mol. The van der Waals surface area contributed by atoms with Gasteiger partial charge in [-0.3, -0.25) is 0 Å². The van der Waals surface area contributed by atoms with Gasteiger partial charge in [-0.05, 0) is 37.5 Å². The molecule has 1 saturated carbocycles. The Kier molecular flexibility index (Phi) is 2.92. The van der Waals surface area contributed by atoms with Crippen LogP contribution in [0.4, 0.5) is 0 Å². The van der Waals surface area contributed by atoms with E-state index in [1.807, 2.05) is 0 Å². The Bertz CT molecular complexity index is 145. The molecule has 2 atom stereocenters. The molecule has 2 heteroatoms. The van der Waals surface area contributed by atoms with Gasteiger partial charge < -0.3 is 4.74 Å². The largest absolute Gasteiger partial charge is 0.378 e. The van der Waals surface area contributed by atoms with E-state index in [4.69, 9.17) is 16.3 Å². The molecule has 2 unspecified atom stereocenters. The number of rotatable bonds is 2. The van der Waals surface area contributed by atoms with Crippen LogP contribution >= 0.6 is 11.6 Å². The van der Waals surface area contributed by atoms with Gasteiger partial charge in [0, 0.05) is 12.5 Å². The molecule has 2 rings (SSSR count). The Morgan fingerprint density at radius 3 is 2.58 bits per heavy atom. The summed E-state index contributed by atoms with van der Waals surface area (Å²) in [6.45, 7) is 0.967. The van der Waals surface area contributed by atoms with Crippen molar-refractivity contribution in [1.29, 1.82) is 0 Å². The highest BCUT2D eigenvalue weighted by molar-refractivity contribution is 6.18. The molecule has 0 aromatic heterocycles. The van der Waals surface area contributed by atoms with Gasteiger partial charge in [0.2, 0.25) is 0 Å². The second-order valence-corrected chi connectivity index (χ2v) is 4.39. The van der Waals surface area contributed by atoms with E-state index in [1.165, 1.54) is 32.1 Å². The fraction of sp³-hybridized carbons (Fsp3) is 1.00. The molecule has 0 radical (unpaired) electrons. The average Bonchev–Trinajstić information content (AvgIpc) is 2.02. The maximum Gasteiger partial charge on any atom is 0.0642 e. The lowest BCUT2D eigenvalue weighted by atomic mass is 9.75. The molecule has 1 saturated heterocycles. The van der Waals surface area contributed by atoms with Crippen molar-refractivity contribution in [3.8, 4) is 0 Å². The summed E-state index contributed by atoms with van der Waals surface area (Å²) >= 11 is 5.92. The van der Waals surface area contributed by atoms with Crippen molar-refractivity contribution in [1.82, 2.24) is 0 Å². The molecule has 0 spiro atoms. The molecule has 0 amide bonds. The SMILES string of the molecule is ClCC1CCCOC1C1CCC1. The van der Waals surface area contributed by atoms with Gasteiger partial charge in [0.1, 0.15) is 0 Å².